The zero-order valence-corrected chi connectivity index (χ0v) is 13.0. The summed E-state index contributed by atoms with van der Waals surface area (Å²) < 4.78 is 5.26. The molecule has 0 aliphatic heterocycles. The fraction of sp³-hybridized carbons (Fsp3) is 0.526. The van der Waals surface area contributed by atoms with Gasteiger partial charge in [-0.2, -0.15) is 0 Å². The highest BCUT2D eigenvalue weighted by molar-refractivity contribution is 5.83. The van der Waals surface area contributed by atoms with E-state index in [0.29, 0.717) is 16.6 Å². The molecule has 0 amide bonds. The van der Waals surface area contributed by atoms with E-state index in [2.05, 4.69) is 19.1 Å². The van der Waals surface area contributed by atoms with Gasteiger partial charge in [0.1, 0.15) is 5.75 Å². The quantitative estimate of drug-likeness (QED) is 0.453. The lowest BCUT2D eigenvalue weighted by atomic mass is 9.52. The summed E-state index contributed by atoms with van der Waals surface area (Å²) in [5.74, 6) is 0.323. The first-order valence-corrected chi connectivity index (χ1v) is 8.00. The minimum atomic E-state index is -0.311. The minimum absolute atomic E-state index is 0.311. The molecule has 21 heavy (non-hydrogen) atoms. The summed E-state index contributed by atoms with van der Waals surface area (Å²) in [7, 11) is 0. The topological polar surface area (TPSA) is 26.3 Å². The molecule has 3 saturated carbocycles. The predicted molar refractivity (Wildman–Crippen MR) is 84.4 cm³/mol. The van der Waals surface area contributed by atoms with Gasteiger partial charge in [0, 0.05) is 6.08 Å². The van der Waals surface area contributed by atoms with Gasteiger partial charge in [-0.05, 0) is 74.0 Å². The molecule has 1 aromatic carbocycles. The number of allylic oxidation sites excluding steroid dienone is 1. The zero-order valence-electron chi connectivity index (χ0n) is 13.0. The Bertz CT molecular complexity index is 529. The molecule has 2 bridgehead atoms. The smallest absolute Gasteiger partial charge is 0.335 e. The van der Waals surface area contributed by atoms with E-state index >= 15 is 0 Å². The van der Waals surface area contributed by atoms with Crippen LogP contribution in [0.2, 0.25) is 0 Å². The van der Waals surface area contributed by atoms with Crippen LogP contribution in [0.3, 0.4) is 0 Å². The van der Waals surface area contributed by atoms with E-state index in [0.717, 1.165) is 0 Å². The molecule has 2 heteroatoms. The maximum atomic E-state index is 11.5. The Balaban J connectivity index is 1.74. The molecular weight excluding hydrogens is 260 g/mol. The third-order valence-corrected chi connectivity index (χ3v) is 5.61. The predicted octanol–water partition coefficient (Wildman–Crippen LogP) is 4.78. The van der Waals surface area contributed by atoms with Crippen LogP contribution in [0.15, 0.2) is 36.4 Å². The van der Waals surface area contributed by atoms with Gasteiger partial charge in [0.15, 0.2) is 0 Å². The summed E-state index contributed by atoms with van der Waals surface area (Å²) in [6.45, 7) is 4.25. The fourth-order valence-corrected chi connectivity index (χ4v) is 3.97. The first kappa shape index (κ1) is 14.4. The number of esters is 1. The molecule has 4 rings (SSSR count). The van der Waals surface area contributed by atoms with E-state index in [9.17, 15) is 4.79 Å². The molecule has 0 saturated heterocycles. The molecule has 1 aromatic rings. The van der Waals surface area contributed by atoms with Crippen molar-refractivity contribution in [3.8, 4) is 5.75 Å². The standard InChI is InChI=1S/C19H24O2/c1-3-4-17(20)21-16-7-5-15(6-8-16)19-12-9-18(2,10-13-19)11-14-19/h3-8H,9-14H2,1-2H3/b4-3+. The summed E-state index contributed by atoms with van der Waals surface area (Å²) in [5.41, 5.74) is 2.41. The lowest BCUT2D eigenvalue weighted by Gasteiger charge is -2.52. The van der Waals surface area contributed by atoms with Gasteiger partial charge in [-0.25, -0.2) is 4.79 Å². The number of carbonyl (C=O) groups excluding carboxylic acids is 1. The second-order valence-corrected chi connectivity index (χ2v) is 7.04. The number of fused-ring (bicyclic) bond motifs is 3. The van der Waals surface area contributed by atoms with Gasteiger partial charge in [0.2, 0.25) is 0 Å². The Morgan fingerprint density at radius 3 is 2.14 bits per heavy atom. The Hall–Kier alpha value is -1.57. The summed E-state index contributed by atoms with van der Waals surface area (Å²) in [6.07, 6.45) is 11.1. The van der Waals surface area contributed by atoms with Crippen molar-refractivity contribution in [1.29, 1.82) is 0 Å². The largest absolute Gasteiger partial charge is 0.423 e. The molecule has 0 N–H and O–H groups in total. The molecule has 0 atom stereocenters. The van der Waals surface area contributed by atoms with Crippen LogP contribution in [0.1, 0.15) is 57.9 Å². The van der Waals surface area contributed by atoms with Crippen LogP contribution < -0.4 is 4.74 Å². The van der Waals surface area contributed by atoms with Crippen molar-refractivity contribution >= 4 is 5.97 Å². The Morgan fingerprint density at radius 1 is 1.05 bits per heavy atom. The van der Waals surface area contributed by atoms with Gasteiger partial charge < -0.3 is 4.74 Å². The third-order valence-electron chi connectivity index (χ3n) is 5.61. The Kier molecular flexibility index (Phi) is 3.64. The average molecular weight is 284 g/mol. The van der Waals surface area contributed by atoms with Crippen LogP contribution in [-0.4, -0.2) is 5.97 Å². The van der Waals surface area contributed by atoms with E-state index in [1.807, 2.05) is 19.1 Å². The van der Waals surface area contributed by atoms with E-state index < -0.39 is 0 Å². The van der Waals surface area contributed by atoms with Gasteiger partial charge in [-0.3, -0.25) is 0 Å². The molecule has 0 radical (unpaired) electrons. The van der Waals surface area contributed by atoms with E-state index in [4.69, 9.17) is 4.74 Å². The van der Waals surface area contributed by atoms with Gasteiger partial charge in [-0.1, -0.05) is 25.1 Å². The molecule has 0 aromatic heterocycles. The summed E-state index contributed by atoms with van der Waals surface area (Å²) in [6, 6.07) is 8.19. The third kappa shape index (κ3) is 2.76. The van der Waals surface area contributed by atoms with Gasteiger partial charge in [0.05, 0.1) is 0 Å². The molecule has 2 nitrogen and oxygen atoms in total. The number of rotatable bonds is 3. The zero-order chi connectivity index (χ0) is 14.9. The lowest BCUT2D eigenvalue weighted by Crippen LogP contribution is -2.42. The number of ether oxygens (including phenoxy) is 1. The SMILES string of the molecule is C/C=C/C(=O)Oc1ccc(C23CCC(C)(CC2)CC3)cc1. The van der Waals surface area contributed by atoms with Crippen LogP contribution in [0.25, 0.3) is 0 Å². The highest BCUT2D eigenvalue weighted by Crippen LogP contribution is 2.57. The maximum absolute atomic E-state index is 11.5. The fourth-order valence-electron chi connectivity index (χ4n) is 3.97. The normalized spacial score (nSPS) is 31.5. The van der Waals surface area contributed by atoms with Crippen molar-refractivity contribution in [2.24, 2.45) is 5.41 Å². The van der Waals surface area contributed by atoms with Gasteiger partial charge in [-0.15, -0.1) is 0 Å². The molecule has 3 aliphatic carbocycles. The number of hydrogen-bond acceptors (Lipinski definition) is 2. The van der Waals surface area contributed by atoms with E-state index in [1.165, 1.54) is 50.2 Å². The number of carbonyl (C=O) groups is 1. The second kappa shape index (κ2) is 5.32. The molecule has 3 aliphatic rings. The van der Waals surface area contributed by atoms with Crippen LogP contribution >= 0.6 is 0 Å². The highest BCUT2D eigenvalue weighted by Gasteiger charge is 2.46. The first-order valence-electron chi connectivity index (χ1n) is 8.00. The van der Waals surface area contributed by atoms with Crippen molar-refractivity contribution in [1.82, 2.24) is 0 Å². The molecule has 3 fully saturated rings. The van der Waals surface area contributed by atoms with Crippen LogP contribution in [0, 0.1) is 5.41 Å². The van der Waals surface area contributed by atoms with Gasteiger partial charge in [0.25, 0.3) is 0 Å². The minimum Gasteiger partial charge on any atom is -0.423 e. The van der Waals surface area contributed by atoms with Gasteiger partial charge >= 0.3 is 5.97 Å². The van der Waals surface area contributed by atoms with E-state index in [1.54, 1.807) is 6.08 Å². The van der Waals surface area contributed by atoms with E-state index in [-0.39, 0.29) is 5.97 Å². The van der Waals surface area contributed by atoms with Crippen LogP contribution in [0.4, 0.5) is 0 Å². The molecule has 0 heterocycles. The van der Waals surface area contributed by atoms with Crippen LogP contribution in [0.5, 0.6) is 5.75 Å². The Labute approximate surface area is 127 Å². The lowest BCUT2D eigenvalue weighted by molar-refractivity contribution is -0.129. The first-order chi connectivity index (χ1) is 10.1. The van der Waals surface area contributed by atoms with Crippen molar-refractivity contribution < 1.29 is 9.53 Å². The van der Waals surface area contributed by atoms with Crippen molar-refractivity contribution in [3.05, 3.63) is 42.0 Å². The molecular formula is C19H24O2. The van der Waals surface area contributed by atoms with Crippen molar-refractivity contribution in [2.45, 2.75) is 57.8 Å². The second-order valence-electron chi connectivity index (χ2n) is 7.04. The summed E-state index contributed by atoms with van der Waals surface area (Å²) >= 11 is 0. The van der Waals surface area contributed by atoms with Crippen LogP contribution in [-0.2, 0) is 10.2 Å². The summed E-state index contributed by atoms with van der Waals surface area (Å²) in [5, 5.41) is 0. The average Bonchev–Trinajstić information content (AvgIpc) is 2.49. The Morgan fingerprint density at radius 2 is 1.62 bits per heavy atom. The van der Waals surface area contributed by atoms with Crippen molar-refractivity contribution in [3.63, 3.8) is 0 Å². The maximum Gasteiger partial charge on any atom is 0.335 e. The van der Waals surface area contributed by atoms with Crippen molar-refractivity contribution in [2.75, 3.05) is 0 Å². The number of benzene rings is 1. The number of hydrogen-bond donors (Lipinski definition) is 0. The monoisotopic (exact) mass is 284 g/mol. The summed E-state index contributed by atoms with van der Waals surface area (Å²) in [4.78, 5) is 11.5. The molecule has 0 unspecified atom stereocenters. The molecule has 0 spiro atoms. The molecule has 112 valence electrons. The highest BCUT2D eigenvalue weighted by atomic mass is 16.5.